The van der Waals surface area contributed by atoms with Crippen LogP contribution in [0.25, 0.3) is 0 Å². The lowest BCUT2D eigenvalue weighted by Gasteiger charge is -2.32. The van der Waals surface area contributed by atoms with Crippen molar-refractivity contribution in [3.63, 3.8) is 0 Å². The second-order valence-corrected chi connectivity index (χ2v) is 5.90. The number of amides is 2. The molecule has 2 aliphatic rings. The highest BCUT2D eigenvalue weighted by Gasteiger charge is 2.44. The Morgan fingerprint density at radius 2 is 1.59 bits per heavy atom. The molecule has 2 heterocycles. The van der Waals surface area contributed by atoms with Crippen molar-refractivity contribution >= 4 is 12.2 Å². The number of hydrogen-bond acceptors (Lipinski definition) is 6. The summed E-state index contributed by atoms with van der Waals surface area (Å²) < 4.78 is 20.7. The topological polar surface area (TPSA) is 130 Å². The number of ether oxygens (including phenoxy) is 4. The molecular weight excluding hydrogens is 292 g/mol. The lowest BCUT2D eigenvalue weighted by atomic mass is 9.86. The van der Waals surface area contributed by atoms with Crippen molar-refractivity contribution in [2.24, 2.45) is 11.5 Å². The summed E-state index contributed by atoms with van der Waals surface area (Å²) in [5.74, 6) is 0. The Morgan fingerprint density at radius 3 is 2.05 bits per heavy atom. The largest absolute Gasteiger partial charge is 0.450 e. The quantitative estimate of drug-likeness (QED) is 0.433. The molecule has 0 radical (unpaired) electrons. The number of carbonyl (C=O) groups excluding carboxylic acids is 2. The molecule has 2 saturated heterocycles. The Hall–Kier alpha value is -1.54. The molecule has 2 rings (SSSR count). The predicted octanol–water partition coefficient (Wildman–Crippen LogP) is 1.05. The SMILES string of the molecule is NC(=O)OCCCCCC(CC1CO1)(CC1CO1)OC(N)=O. The lowest BCUT2D eigenvalue weighted by molar-refractivity contribution is -0.0158. The van der Waals surface area contributed by atoms with E-state index in [1.165, 1.54) is 0 Å². The fourth-order valence-electron chi connectivity index (χ4n) is 2.74. The molecule has 0 spiro atoms. The van der Waals surface area contributed by atoms with E-state index in [1.807, 2.05) is 0 Å². The third-order valence-corrected chi connectivity index (χ3v) is 3.84. The van der Waals surface area contributed by atoms with Crippen LogP contribution >= 0.6 is 0 Å². The number of unbranched alkanes of at least 4 members (excludes halogenated alkanes) is 2. The molecule has 2 atom stereocenters. The van der Waals surface area contributed by atoms with E-state index < -0.39 is 17.8 Å². The zero-order valence-electron chi connectivity index (χ0n) is 12.6. The maximum atomic E-state index is 11.3. The standard InChI is InChI=1S/C14H24N2O6/c15-12(17)19-5-3-1-2-4-14(22-13(16)18,6-10-8-20-10)7-11-9-21-11/h10-11H,1-9H2,(H2,15,17)(H2,16,18). The summed E-state index contributed by atoms with van der Waals surface area (Å²) in [5.41, 5.74) is 9.51. The molecule has 2 unspecified atom stereocenters. The van der Waals surface area contributed by atoms with Gasteiger partial charge in [-0.15, -0.1) is 0 Å². The van der Waals surface area contributed by atoms with Crippen LogP contribution in [0.2, 0.25) is 0 Å². The predicted molar refractivity (Wildman–Crippen MR) is 76.1 cm³/mol. The molecule has 8 heteroatoms. The van der Waals surface area contributed by atoms with Crippen molar-refractivity contribution in [3.8, 4) is 0 Å². The molecule has 0 aromatic carbocycles. The van der Waals surface area contributed by atoms with E-state index in [-0.39, 0.29) is 12.2 Å². The van der Waals surface area contributed by atoms with E-state index in [4.69, 9.17) is 25.7 Å². The molecule has 2 aliphatic heterocycles. The van der Waals surface area contributed by atoms with Crippen molar-refractivity contribution in [2.75, 3.05) is 19.8 Å². The number of hydrogen-bond donors (Lipinski definition) is 2. The van der Waals surface area contributed by atoms with Gasteiger partial charge in [0.05, 0.1) is 32.0 Å². The molecular formula is C14H24N2O6. The van der Waals surface area contributed by atoms with Crippen molar-refractivity contribution in [2.45, 2.75) is 56.3 Å². The van der Waals surface area contributed by atoms with Crippen molar-refractivity contribution in [1.29, 1.82) is 0 Å². The Kier molecular flexibility index (Phi) is 5.84. The van der Waals surface area contributed by atoms with Crippen LogP contribution in [0.4, 0.5) is 9.59 Å². The zero-order valence-corrected chi connectivity index (χ0v) is 12.6. The monoisotopic (exact) mass is 316 g/mol. The minimum absolute atomic E-state index is 0.135. The summed E-state index contributed by atoms with van der Waals surface area (Å²) in [4.78, 5) is 21.7. The Balaban J connectivity index is 1.79. The van der Waals surface area contributed by atoms with Gasteiger partial charge in [0.15, 0.2) is 0 Å². The van der Waals surface area contributed by atoms with Gasteiger partial charge in [0, 0.05) is 12.8 Å². The number of carbonyl (C=O) groups is 2. The maximum Gasteiger partial charge on any atom is 0.405 e. The summed E-state index contributed by atoms with van der Waals surface area (Å²) >= 11 is 0. The molecule has 0 saturated carbocycles. The Morgan fingerprint density at radius 1 is 1.00 bits per heavy atom. The first-order valence-corrected chi connectivity index (χ1v) is 7.63. The maximum absolute atomic E-state index is 11.3. The first kappa shape index (κ1) is 16.8. The molecule has 0 aliphatic carbocycles. The molecule has 2 amide bonds. The van der Waals surface area contributed by atoms with Gasteiger partial charge < -0.3 is 30.4 Å². The average molecular weight is 316 g/mol. The van der Waals surface area contributed by atoms with Gasteiger partial charge in [0.25, 0.3) is 0 Å². The molecule has 0 aromatic heterocycles. The van der Waals surface area contributed by atoms with Crippen LogP contribution in [0.1, 0.15) is 38.5 Å². The summed E-state index contributed by atoms with van der Waals surface area (Å²) in [5, 5.41) is 0. The van der Waals surface area contributed by atoms with Gasteiger partial charge in [-0.05, 0) is 25.7 Å². The van der Waals surface area contributed by atoms with E-state index in [0.717, 1.165) is 19.3 Å². The summed E-state index contributed by atoms with van der Waals surface area (Å²) in [6, 6.07) is 0. The smallest absolute Gasteiger partial charge is 0.405 e. The lowest BCUT2D eigenvalue weighted by Crippen LogP contribution is -2.40. The third-order valence-electron chi connectivity index (χ3n) is 3.84. The van der Waals surface area contributed by atoms with E-state index in [2.05, 4.69) is 4.74 Å². The summed E-state index contributed by atoms with van der Waals surface area (Å²) in [7, 11) is 0. The van der Waals surface area contributed by atoms with Crippen LogP contribution in [0.15, 0.2) is 0 Å². The van der Waals surface area contributed by atoms with Gasteiger partial charge in [0.1, 0.15) is 5.60 Å². The first-order valence-electron chi connectivity index (χ1n) is 7.63. The number of primary amides is 2. The van der Waals surface area contributed by atoms with Crippen LogP contribution in [0.3, 0.4) is 0 Å². The van der Waals surface area contributed by atoms with Gasteiger partial charge in [-0.3, -0.25) is 0 Å². The van der Waals surface area contributed by atoms with Crippen LogP contribution in [-0.4, -0.2) is 49.8 Å². The van der Waals surface area contributed by atoms with E-state index in [9.17, 15) is 9.59 Å². The molecule has 0 bridgehead atoms. The van der Waals surface area contributed by atoms with Crippen molar-refractivity contribution < 1.29 is 28.5 Å². The molecule has 0 aromatic rings. The highest BCUT2D eigenvalue weighted by atomic mass is 16.6. The molecule has 8 nitrogen and oxygen atoms in total. The molecule has 4 N–H and O–H groups in total. The van der Waals surface area contributed by atoms with Gasteiger partial charge in [-0.1, -0.05) is 0 Å². The van der Waals surface area contributed by atoms with Gasteiger partial charge in [-0.25, -0.2) is 9.59 Å². The highest BCUT2D eigenvalue weighted by Crippen LogP contribution is 2.37. The minimum Gasteiger partial charge on any atom is -0.450 e. The summed E-state index contributed by atoms with van der Waals surface area (Å²) in [6.45, 7) is 1.69. The van der Waals surface area contributed by atoms with Crippen molar-refractivity contribution in [1.82, 2.24) is 0 Å². The van der Waals surface area contributed by atoms with E-state index in [1.54, 1.807) is 0 Å². The Bertz CT molecular complexity index is 381. The fourth-order valence-corrected chi connectivity index (χ4v) is 2.74. The van der Waals surface area contributed by atoms with Crippen LogP contribution in [0.5, 0.6) is 0 Å². The van der Waals surface area contributed by atoms with Crippen LogP contribution in [-0.2, 0) is 18.9 Å². The third kappa shape index (κ3) is 6.48. The second kappa shape index (κ2) is 7.64. The fraction of sp³-hybridized carbons (Fsp3) is 0.857. The second-order valence-electron chi connectivity index (χ2n) is 5.90. The number of rotatable bonds is 11. The van der Waals surface area contributed by atoms with E-state index in [0.29, 0.717) is 39.1 Å². The average Bonchev–Trinajstić information content (AvgIpc) is 3.30. The molecule has 126 valence electrons. The Labute approximate surface area is 129 Å². The highest BCUT2D eigenvalue weighted by molar-refractivity contribution is 5.65. The van der Waals surface area contributed by atoms with Gasteiger partial charge in [0.2, 0.25) is 0 Å². The van der Waals surface area contributed by atoms with E-state index >= 15 is 0 Å². The van der Waals surface area contributed by atoms with Crippen LogP contribution in [0, 0.1) is 0 Å². The normalized spacial score (nSPS) is 25.1. The zero-order chi connectivity index (χ0) is 16.0. The van der Waals surface area contributed by atoms with Gasteiger partial charge in [-0.2, -0.15) is 0 Å². The van der Waals surface area contributed by atoms with Crippen LogP contribution < -0.4 is 11.5 Å². The minimum atomic E-state index is -0.765. The summed E-state index contributed by atoms with van der Waals surface area (Å²) in [6.07, 6.45) is 3.11. The van der Waals surface area contributed by atoms with Crippen molar-refractivity contribution in [3.05, 3.63) is 0 Å². The number of epoxide rings is 2. The first-order chi connectivity index (χ1) is 10.5. The molecule has 22 heavy (non-hydrogen) atoms. The van der Waals surface area contributed by atoms with Gasteiger partial charge >= 0.3 is 12.2 Å². The number of nitrogens with two attached hydrogens (primary N) is 2. The molecule has 2 fully saturated rings.